The van der Waals surface area contributed by atoms with Gasteiger partial charge in [-0.05, 0) is 33.1 Å². The van der Waals surface area contributed by atoms with Crippen LogP contribution in [0, 0.1) is 0 Å². The van der Waals surface area contributed by atoms with Gasteiger partial charge in [0.05, 0.1) is 12.6 Å². The van der Waals surface area contributed by atoms with Crippen LogP contribution in [0.1, 0.15) is 155 Å². The third kappa shape index (κ3) is 12.8. The summed E-state index contributed by atoms with van der Waals surface area (Å²) in [4.78, 5) is 0. The lowest BCUT2D eigenvalue weighted by molar-refractivity contribution is -0.704. The lowest BCUT2D eigenvalue weighted by atomic mass is 10.0. The van der Waals surface area contributed by atoms with Gasteiger partial charge in [-0.1, -0.05) is 110 Å². The van der Waals surface area contributed by atoms with Crippen LogP contribution in [0.3, 0.4) is 0 Å². The summed E-state index contributed by atoms with van der Waals surface area (Å²) in [5.74, 6) is 1.55. The Hall–Kier alpha value is -0.790. The summed E-state index contributed by atoms with van der Waals surface area (Å²) in [5, 5.41) is 0. The first kappa shape index (κ1) is 27.2. The molecule has 1 rings (SSSR count). The molecule has 0 unspecified atom stereocenters. The molecule has 0 N–H and O–H groups in total. The molecule has 0 bridgehead atoms. The number of aromatic nitrogens is 2. The van der Waals surface area contributed by atoms with E-state index in [2.05, 4.69) is 49.2 Å². The van der Waals surface area contributed by atoms with Crippen molar-refractivity contribution in [3.63, 3.8) is 0 Å². The zero-order valence-corrected chi connectivity index (χ0v) is 21.3. The van der Waals surface area contributed by atoms with Crippen LogP contribution in [-0.4, -0.2) is 4.57 Å². The summed E-state index contributed by atoms with van der Waals surface area (Å²) in [6.45, 7) is 10.4. The zero-order chi connectivity index (χ0) is 21.9. The van der Waals surface area contributed by atoms with Crippen molar-refractivity contribution in [3.8, 4) is 0 Å². The molecule has 0 aliphatic rings. The normalized spacial score (nSPS) is 11.6. The lowest BCUT2D eigenvalue weighted by Crippen LogP contribution is -2.37. The molecular weight excluding hydrogens is 364 g/mol. The Morgan fingerprint density at radius 3 is 1.53 bits per heavy atom. The van der Waals surface area contributed by atoms with E-state index in [4.69, 9.17) is 0 Å². The molecule has 0 aliphatic carbocycles. The summed E-state index contributed by atoms with van der Waals surface area (Å²) in [7, 11) is 0. The third-order valence-corrected chi connectivity index (χ3v) is 6.60. The van der Waals surface area contributed by atoms with E-state index in [9.17, 15) is 0 Å². The van der Waals surface area contributed by atoms with Crippen LogP contribution in [0.25, 0.3) is 0 Å². The van der Waals surface area contributed by atoms with Crippen molar-refractivity contribution in [2.75, 3.05) is 0 Å². The zero-order valence-electron chi connectivity index (χ0n) is 21.3. The third-order valence-electron chi connectivity index (χ3n) is 6.60. The van der Waals surface area contributed by atoms with Gasteiger partial charge in [0.2, 0.25) is 0 Å². The van der Waals surface area contributed by atoms with Crippen molar-refractivity contribution < 1.29 is 4.57 Å². The van der Waals surface area contributed by atoms with Gasteiger partial charge in [-0.3, -0.25) is 0 Å². The van der Waals surface area contributed by atoms with Gasteiger partial charge in [0.25, 0.3) is 5.82 Å². The monoisotopic (exact) mass is 419 g/mol. The lowest BCUT2D eigenvalue weighted by Gasteiger charge is -2.08. The summed E-state index contributed by atoms with van der Waals surface area (Å²) >= 11 is 0. The molecule has 2 nitrogen and oxygen atoms in total. The highest BCUT2D eigenvalue weighted by Gasteiger charge is 2.18. The maximum atomic E-state index is 2.55. The van der Waals surface area contributed by atoms with Gasteiger partial charge in [-0.2, -0.15) is 0 Å². The van der Waals surface area contributed by atoms with Crippen LogP contribution in [0.4, 0.5) is 0 Å². The Bertz CT molecular complexity index is 489. The van der Waals surface area contributed by atoms with Gasteiger partial charge < -0.3 is 0 Å². The van der Waals surface area contributed by atoms with E-state index >= 15 is 0 Å². The molecule has 0 saturated carbocycles. The predicted octanol–water partition coefficient (Wildman–Crippen LogP) is 8.96. The highest BCUT2D eigenvalue weighted by atomic mass is 15.2. The fourth-order valence-corrected chi connectivity index (χ4v) is 4.61. The van der Waals surface area contributed by atoms with E-state index in [1.807, 2.05) is 0 Å². The first-order valence-corrected chi connectivity index (χ1v) is 13.8. The van der Waals surface area contributed by atoms with Crippen molar-refractivity contribution in [1.29, 1.82) is 0 Å². The number of nitrogens with zero attached hydrogens (tertiary/aromatic N) is 2. The number of unbranched alkanes of at least 4 members (excludes halogenated alkanes) is 16. The molecule has 1 aromatic heterocycles. The standard InChI is InChI=1S/C28H55N2/c1-5-7-9-11-12-13-14-15-16-17-18-19-20-22-24-29-25-26-30(27(3)4)28(29)23-21-10-8-6-2/h25-27H,5-24H2,1-4H3/q+1. The van der Waals surface area contributed by atoms with Gasteiger partial charge in [-0.15, -0.1) is 0 Å². The number of imidazole rings is 1. The molecule has 0 spiro atoms. The van der Waals surface area contributed by atoms with Gasteiger partial charge in [0.1, 0.15) is 12.4 Å². The van der Waals surface area contributed by atoms with Gasteiger partial charge in [0, 0.05) is 6.42 Å². The van der Waals surface area contributed by atoms with Crippen molar-refractivity contribution in [1.82, 2.24) is 4.57 Å². The molecule has 1 aromatic rings. The fraction of sp³-hybridized carbons (Fsp3) is 0.893. The van der Waals surface area contributed by atoms with Crippen LogP contribution >= 0.6 is 0 Å². The Balaban J connectivity index is 2.08. The summed E-state index contributed by atoms with van der Waals surface area (Å²) in [6.07, 6.45) is 31.4. The number of hydrogen-bond acceptors (Lipinski definition) is 0. The highest BCUT2D eigenvalue weighted by molar-refractivity contribution is 4.86. The Labute approximate surface area is 189 Å². The van der Waals surface area contributed by atoms with Crippen LogP contribution in [0.2, 0.25) is 0 Å². The molecule has 0 atom stereocenters. The summed E-state index contributed by atoms with van der Waals surface area (Å²) in [5.41, 5.74) is 0. The second kappa shape index (κ2) is 18.9. The minimum absolute atomic E-state index is 0.573. The SMILES string of the molecule is CCCCCCCCCCCCCCCC[n+]1ccn(C(C)C)c1CCCCCC. The Morgan fingerprint density at radius 1 is 0.633 bits per heavy atom. The summed E-state index contributed by atoms with van der Waals surface area (Å²) in [6, 6.07) is 0.573. The second-order valence-electron chi connectivity index (χ2n) is 9.82. The van der Waals surface area contributed by atoms with E-state index in [0.717, 1.165) is 0 Å². The number of aryl methyl sites for hydroxylation is 1. The topological polar surface area (TPSA) is 8.81 Å². The molecule has 1 heterocycles. The second-order valence-corrected chi connectivity index (χ2v) is 9.82. The van der Waals surface area contributed by atoms with E-state index in [-0.39, 0.29) is 0 Å². The smallest absolute Gasteiger partial charge is 0.234 e. The molecule has 0 saturated heterocycles. The molecule has 176 valence electrons. The average molecular weight is 420 g/mol. The minimum atomic E-state index is 0.573. The van der Waals surface area contributed by atoms with Gasteiger partial charge in [0.15, 0.2) is 0 Å². The van der Waals surface area contributed by atoms with E-state index in [1.165, 1.54) is 129 Å². The van der Waals surface area contributed by atoms with Crippen molar-refractivity contribution in [2.45, 2.75) is 162 Å². The molecule has 0 fully saturated rings. The number of hydrogen-bond donors (Lipinski definition) is 0. The van der Waals surface area contributed by atoms with Crippen molar-refractivity contribution >= 4 is 0 Å². The Kier molecular flexibility index (Phi) is 17.2. The van der Waals surface area contributed by atoms with Crippen LogP contribution in [0.5, 0.6) is 0 Å². The quantitative estimate of drug-likeness (QED) is 0.139. The van der Waals surface area contributed by atoms with Crippen LogP contribution < -0.4 is 4.57 Å². The van der Waals surface area contributed by atoms with Gasteiger partial charge >= 0.3 is 0 Å². The molecule has 0 amide bonds. The first-order valence-electron chi connectivity index (χ1n) is 13.8. The molecular formula is C28H55N2+. The maximum Gasteiger partial charge on any atom is 0.256 e. The van der Waals surface area contributed by atoms with E-state index < -0.39 is 0 Å². The van der Waals surface area contributed by atoms with E-state index in [1.54, 1.807) is 5.82 Å². The van der Waals surface area contributed by atoms with E-state index in [0.29, 0.717) is 6.04 Å². The van der Waals surface area contributed by atoms with Crippen LogP contribution in [0.15, 0.2) is 12.4 Å². The Morgan fingerprint density at radius 2 is 1.07 bits per heavy atom. The number of rotatable bonds is 21. The van der Waals surface area contributed by atoms with Crippen molar-refractivity contribution in [3.05, 3.63) is 18.2 Å². The molecule has 2 heteroatoms. The minimum Gasteiger partial charge on any atom is -0.234 e. The molecule has 0 aromatic carbocycles. The molecule has 0 aliphatic heterocycles. The fourth-order valence-electron chi connectivity index (χ4n) is 4.61. The van der Waals surface area contributed by atoms with Crippen molar-refractivity contribution in [2.24, 2.45) is 0 Å². The first-order chi connectivity index (χ1) is 14.7. The largest absolute Gasteiger partial charge is 0.256 e. The van der Waals surface area contributed by atoms with Crippen LogP contribution in [-0.2, 0) is 13.0 Å². The predicted molar refractivity (Wildman–Crippen MR) is 133 cm³/mol. The summed E-state index contributed by atoms with van der Waals surface area (Å²) < 4.78 is 5.04. The average Bonchev–Trinajstić information content (AvgIpc) is 3.14. The van der Waals surface area contributed by atoms with Gasteiger partial charge in [-0.25, -0.2) is 9.13 Å². The molecule has 0 radical (unpaired) electrons. The maximum absolute atomic E-state index is 2.55. The molecule has 30 heavy (non-hydrogen) atoms. The highest BCUT2D eigenvalue weighted by Crippen LogP contribution is 2.14.